The fraction of sp³-hybridized carbons (Fsp3) is 0.176. The Balaban J connectivity index is 1.94. The van der Waals surface area contributed by atoms with E-state index in [1.807, 2.05) is 30.3 Å². The molecule has 1 amide bonds. The van der Waals surface area contributed by atoms with Gasteiger partial charge in [-0.15, -0.1) is 0 Å². The van der Waals surface area contributed by atoms with Crippen molar-refractivity contribution in [1.82, 2.24) is 5.32 Å². The second-order valence-corrected chi connectivity index (χ2v) is 5.69. The zero-order valence-electron chi connectivity index (χ0n) is 12.4. The Bertz CT molecular complexity index is 704. The molecule has 1 N–H and O–H groups in total. The molecule has 0 bridgehead atoms. The standard InChI is InChI=1S/C17H15Cl2NO3/c1-11(14-8-7-13(16(19)21)9-15(14)18)20-17(22)23-10-12-5-3-2-4-6-12/h2-9,11H,10H2,1H3,(H,20,22)/t11-/m1/s1. The second-order valence-electron chi connectivity index (χ2n) is 4.94. The van der Waals surface area contributed by atoms with Gasteiger partial charge < -0.3 is 10.1 Å². The molecule has 0 aliphatic heterocycles. The molecule has 0 heterocycles. The lowest BCUT2D eigenvalue weighted by molar-refractivity contribution is 0.108. The molecule has 23 heavy (non-hydrogen) atoms. The largest absolute Gasteiger partial charge is 0.445 e. The van der Waals surface area contributed by atoms with Gasteiger partial charge in [0.1, 0.15) is 6.61 Å². The van der Waals surface area contributed by atoms with Crippen molar-refractivity contribution < 1.29 is 14.3 Å². The van der Waals surface area contributed by atoms with Crippen molar-refractivity contribution >= 4 is 34.5 Å². The number of ether oxygens (including phenoxy) is 1. The summed E-state index contributed by atoms with van der Waals surface area (Å²) in [6, 6.07) is 13.7. The minimum atomic E-state index is -0.582. The molecule has 4 nitrogen and oxygen atoms in total. The third-order valence-corrected chi connectivity index (χ3v) is 3.79. The zero-order chi connectivity index (χ0) is 16.8. The number of alkyl carbamates (subject to hydrolysis) is 1. The summed E-state index contributed by atoms with van der Waals surface area (Å²) in [5, 5.41) is 2.46. The number of hydrogen-bond acceptors (Lipinski definition) is 3. The van der Waals surface area contributed by atoms with E-state index in [1.54, 1.807) is 19.1 Å². The molecule has 2 rings (SSSR count). The number of halogens is 2. The van der Waals surface area contributed by atoms with E-state index in [9.17, 15) is 9.59 Å². The molecule has 2 aromatic rings. The molecule has 0 saturated carbocycles. The molecular weight excluding hydrogens is 337 g/mol. The average molecular weight is 352 g/mol. The summed E-state index contributed by atoms with van der Waals surface area (Å²) in [6.45, 7) is 1.96. The van der Waals surface area contributed by atoms with Crippen LogP contribution in [0.4, 0.5) is 4.79 Å². The Kier molecular flexibility index (Phi) is 6.02. The van der Waals surface area contributed by atoms with Crippen LogP contribution in [0.3, 0.4) is 0 Å². The van der Waals surface area contributed by atoms with Crippen LogP contribution >= 0.6 is 23.2 Å². The van der Waals surface area contributed by atoms with E-state index < -0.39 is 11.3 Å². The summed E-state index contributed by atoms with van der Waals surface area (Å²) in [7, 11) is 0. The van der Waals surface area contributed by atoms with Crippen LogP contribution in [0.2, 0.25) is 5.02 Å². The first-order chi connectivity index (χ1) is 11.0. The van der Waals surface area contributed by atoms with Crippen LogP contribution in [0, 0.1) is 0 Å². The van der Waals surface area contributed by atoms with Crippen LogP contribution < -0.4 is 5.32 Å². The number of benzene rings is 2. The molecule has 0 unspecified atom stereocenters. The molecule has 0 aliphatic carbocycles. The molecular formula is C17H15Cl2NO3. The van der Waals surface area contributed by atoms with Crippen molar-refractivity contribution in [2.24, 2.45) is 0 Å². The first-order valence-electron chi connectivity index (χ1n) is 6.94. The van der Waals surface area contributed by atoms with Crippen molar-refractivity contribution in [2.75, 3.05) is 0 Å². The van der Waals surface area contributed by atoms with E-state index in [0.29, 0.717) is 16.1 Å². The van der Waals surface area contributed by atoms with Crippen LogP contribution in [-0.4, -0.2) is 11.3 Å². The lowest BCUT2D eigenvalue weighted by Crippen LogP contribution is -2.27. The molecule has 0 saturated heterocycles. The predicted molar refractivity (Wildman–Crippen MR) is 89.8 cm³/mol. The van der Waals surface area contributed by atoms with E-state index in [-0.39, 0.29) is 12.6 Å². The molecule has 0 aromatic heterocycles. The van der Waals surface area contributed by atoms with Gasteiger partial charge in [-0.1, -0.05) is 48.0 Å². The quantitative estimate of drug-likeness (QED) is 0.793. The predicted octanol–water partition coefficient (Wildman–Crippen LogP) is 4.71. The van der Waals surface area contributed by atoms with E-state index in [2.05, 4.69) is 5.32 Å². The maximum absolute atomic E-state index is 11.8. The van der Waals surface area contributed by atoms with Crippen LogP contribution in [0.5, 0.6) is 0 Å². The summed E-state index contributed by atoms with van der Waals surface area (Å²) in [5.41, 5.74) is 1.88. The van der Waals surface area contributed by atoms with Gasteiger partial charge in [-0.25, -0.2) is 4.79 Å². The maximum Gasteiger partial charge on any atom is 0.407 e. The molecule has 0 fully saturated rings. The Morgan fingerprint density at radius 1 is 1.17 bits per heavy atom. The highest BCUT2D eigenvalue weighted by Crippen LogP contribution is 2.25. The Morgan fingerprint density at radius 2 is 1.87 bits per heavy atom. The molecule has 0 spiro atoms. The van der Waals surface area contributed by atoms with E-state index in [4.69, 9.17) is 27.9 Å². The average Bonchev–Trinajstić information content (AvgIpc) is 2.53. The molecule has 0 radical (unpaired) electrons. The van der Waals surface area contributed by atoms with Gasteiger partial charge in [-0.3, -0.25) is 4.79 Å². The van der Waals surface area contributed by atoms with Crippen LogP contribution in [0.15, 0.2) is 48.5 Å². The SMILES string of the molecule is C[C@@H](NC(=O)OCc1ccccc1)c1ccc(C(=O)Cl)cc1Cl. The Labute approximate surface area is 144 Å². The fourth-order valence-electron chi connectivity index (χ4n) is 2.02. The maximum atomic E-state index is 11.8. The zero-order valence-corrected chi connectivity index (χ0v) is 13.9. The molecule has 0 aliphatic rings. The van der Waals surface area contributed by atoms with Crippen molar-refractivity contribution in [3.8, 4) is 0 Å². The van der Waals surface area contributed by atoms with Gasteiger partial charge in [0.15, 0.2) is 0 Å². The fourth-order valence-corrected chi connectivity index (χ4v) is 2.48. The minimum absolute atomic E-state index is 0.187. The van der Waals surface area contributed by atoms with Crippen molar-refractivity contribution in [3.63, 3.8) is 0 Å². The van der Waals surface area contributed by atoms with Gasteiger partial charge in [0.25, 0.3) is 5.24 Å². The molecule has 120 valence electrons. The topological polar surface area (TPSA) is 55.4 Å². The summed E-state index contributed by atoms with van der Waals surface area (Å²) in [6.07, 6.45) is -0.546. The van der Waals surface area contributed by atoms with Gasteiger partial charge in [0.2, 0.25) is 0 Å². The van der Waals surface area contributed by atoms with Gasteiger partial charge in [-0.05, 0) is 41.8 Å². The Morgan fingerprint density at radius 3 is 2.48 bits per heavy atom. The van der Waals surface area contributed by atoms with Crippen LogP contribution in [0.25, 0.3) is 0 Å². The van der Waals surface area contributed by atoms with E-state index in [0.717, 1.165) is 5.56 Å². The van der Waals surface area contributed by atoms with Gasteiger partial charge in [0, 0.05) is 10.6 Å². The molecule has 2 aromatic carbocycles. The van der Waals surface area contributed by atoms with E-state index in [1.165, 1.54) is 6.07 Å². The lowest BCUT2D eigenvalue weighted by Gasteiger charge is -2.16. The van der Waals surface area contributed by atoms with Crippen LogP contribution in [-0.2, 0) is 11.3 Å². The highest BCUT2D eigenvalue weighted by Gasteiger charge is 2.15. The highest BCUT2D eigenvalue weighted by molar-refractivity contribution is 6.67. The molecule has 1 atom stereocenters. The highest BCUT2D eigenvalue weighted by atomic mass is 35.5. The Hall–Kier alpha value is -2.04. The molecule has 6 heteroatoms. The second kappa shape index (κ2) is 7.99. The smallest absolute Gasteiger partial charge is 0.407 e. The summed E-state index contributed by atoms with van der Waals surface area (Å²) in [4.78, 5) is 22.9. The number of rotatable bonds is 5. The first kappa shape index (κ1) is 17.3. The number of carbonyl (C=O) groups excluding carboxylic acids is 2. The van der Waals surface area contributed by atoms with Gasteiger partial charge in [0.05, 0.1) is 6.04 Å². The third-order valence-electron chi connectivity index (χ3n) is 3.24. The number of hydrogen-bond donors (Lipinski definition) is 1. The summed E-state index contributed by atoms with van der Waals surface area (Å²) in [5.74, 6) is 0. The van der Waals surface area contributed by atoms with Gasteiger partial charge in [-0.2, -0.15) is 0 Å². The van der Waals surface area contributed by atoms with Gasteiger partial charge >= 0.3 is 6.09 Å². The van der Waals surface area contributed by atoms with Crippen LogP contribution in [0.1, 0.15) is 34.5 Å². The summed E-state index contributed by atoms with van der Waals surface area (Å²) >= 11 is 11.5. The van der Waals surface area contributed by atoms with Crippen molar-refractivity contribution in [1.29, 1.82) is 0 Å². The monoisotopic (exact) mass is 351 g/mol. The number of nitrogens with one attached hydrogen (secondary N) is 1. The normalized spacial score (nSPS) is 11.6. The summed E-state index contributed by atoms with van der Waals surface area (Å²) < 4.78 is 5.15. The minimum Gasteiger partial charge on any atom is -0.445 e. The third kappa shape index (κ3) is 4.98. The van der Waals surface area contributed by atoms with Crippen molar-refractivity contribution in [2.45, 2.75) is 19.6 Å². The van der Waals surface area contributed by atoms with E-state index >= 15 is 0 Å². The van der Waals surface area contributed by atoms with Crippen molar-refractivity contribution in [3.05, 3.63) is 70.2 Å². The first-order valence-corrected chi connectivity index (χ1v) is 7.69. The number of carbonyl (C=O) groups is 2. The lowest BCUT2D eigenvalue weighted by atomic mass is 10.1. The number of amides is 1.